The van der Waals surface area contributed by atoms with Gasteiger partial charge in [-0.25, -0.2) is 13.2 Å². The highest BCUT2D eigenvalue weighted by Gasteiger charge is 2.53. The lowest BCUT2D eigenvalue weighted by Gasteiger charge is -2.31. The number of ether oxygens (including phenoxy) is 1. The number of nitrogens with two attached hydrogens (primary N) is 1. The van der Waals surface area contributed by atoms with Gasteiger partial charge in [-0.05, 0) is 62.3 Å². The maximum Gasteiger partial charge on any atom is 0.319 e. The highest BCUT2D eigenvalue weighted by Crippen LogP contribution is 2.47. The van der Waals surface area contributed by atoms with Crippen LogP contribution >= 0.6 is 22.9 Å². The summed E-state index contributed by atoms with van der Waals surface area (Å²) in [7, 11) is 1.83. The van der Waals surface area contributed by atoms with Gasteiger partial charge in [0.2, 0.25) is 5.91 Å². The molecule has 5 aliphatic rings. The Morgan fingerprint density at radius 3 is 2.86 bits per heavy atom. The molecule has 1 amide bonds. The van der Waals surface area contributed by atoms with Crippen LogP contribution in [-0.2, 0) is 4.79 Å². The Morgan fingerprint density at radius 1 is 1.25 bits per heavy atom. The number of hydrogen-bond donors (Lipinski definition) is 2. The Morgan fingerprint density at radius 2 is 2.08 bits per heavy atom. The van der Waals surface area contributed by atoms with Gasteiger partial charge in [0.05, 0.1) is 26.9 Å². The Kier molecular flexibility index (Phi) is 7.81. The second-order valence-electron chi connectivity index (χ2n) is 14.7. The number of benzene rings is 2. The van der Waals surface area contributed by atoms with E-state index in [1.54, 1.807) is 6.07 Å². The van der Waals surface area contributed by atoms with Gasteiger partial charge in [-0.1, -0.05) is 17.7 Å². The van der Waals surface area contributed by atoms with Gasteiger partial charge in [-0.2, -0.15) is 15.2 Å². The van der Waals surface area contributed by atoms with E-state index in [0.29, 0.717) is 49.6 Å². The van der Waals surface area contributed by atoms with E-state index in [9.17, 15) is 18.8 Å². The minimum Gasteiger partial charge on any atom is -0.461 e. The first-order chi connectivity index (χ1) is 24.6. The van der Waals surface area contributed by atoms with Crippen LogP contribution in [0.15, 0.2) is 18.2 Å². The highest BCUT2D eigenvalue weighted by molar-refractivity contribution is 7.23. The summed E-state index contributed by atoms with van der Waals surface area (Å²) in [5.74, 6) is -0.294. The number of nitriles is 1. The molecule has 4 saturated heterocycles. The van der Waals surface area contributed by atoms with Crippen molar-refractivity contribution in [3.8, 4) is 23.2 Å². The lowest BCUT2D eigenvalue weighted by molar-refractivity contribution is -0.131. The van der Waals surface area contributed by atoms with Crippen molar-refractivity contribution in [2.24, 2.45) is 5.92 Å². The van der Waals surface area contributed by atoms with Gasteiger partial charge >= 0.3 is 6.01 Å². The van der Waals surface area contributed by atoms with Crippen LogP contribution in [0, 0.1) is 28.9 Å². The zero-order chi connectivity index (χ0) is 35.3. The van der Waals surface area contributed by atoms with Gasteiger partial charge in [0, 0.05) is 55.5 Å². The number of amides is 1. The molecule has 0 unspecified atom stereocenters. The number of halogens is 4. The predicted octanol–water partition coefficient (Wildman–Crippen LogP) is 5.64. The molecular formula is C36H36ClF3N8O2S. The average molecular weight is 737 g/mol. The number of carbonyl (C=O) groups is 1. The standard InChI is InChI=1S/C36H36ClF3N8O2S/c1-46(34(49)30-28(43-30)17-3-4-17)19-7-10-47(15-19)33-21-11-23(37)26(20-5-6-24(39)31-25(20)22(13-41)32(42)51-31)27(40)29(21)44-35(45-33)50-16-36-8-2-9-48(36)14-18(38)12-36/h5-6,11,17-19,28,30,43H,2-4,7-10,12,14-16,42H2,1H3/t18-,19-,28+,30-,36+/m1/s1. The number of anilines is 2. The zero-order valence-corrected chi connectivity index (χ0v) is 29.5. The molecule has 266 valence electrons. The van der Waals surface area contributed by atoms with Gasteiger partial charge in [-0.3, -0.25) is 15.0 Å². The van der Waals surface area contributed by atoms with Crippen LogP contribution in [0.25, 0.3) is 32.1 Å². The molecule has 6 heterocycles. The van der Waals surface area contributed by atoms with Gasteiger partial charge in [0.1, 0.15) is 47.0 Å². The molecule has 15 heteroatoms. The third-order valence-corrected chi connectivity index (χ3v) is 13.0. The van der Waals surface area contributed by atoms with Gasteiger partial charge in [-0.15, -0.1) is 11.3 Å². The van der Waals surface area contributed by atoms with E-state index < -0.39 is 23.3 Å². The van der Waals surface area contributed by atoms with Crippen molar-refractivity contribution in [3.63, 3.8) is 0 Å². The molecular weight excluding hydrogens is 701 g/mol. The lowest BCUT2D eigenvalue weighted by Crippen LogP contribution is -2.43. The number of aromatic nitrogens is 2. The fraction of sp³-hybridized carbons (Fsp3) is 0.500. The van der Waals surface area contributed by atoms with Crippen molar-refractivity contribution in [1.82, 2.24) is 25.1 Å². The minimum absolute atomic E-state index is 0.0227. The molecule has 0 bridgehead atoms. The summed E-state index contributed by atoms with van der Waals surface area (Å²) in [6, 6.07) is 6.18. The Balaban J connectivity index is 1.11. The fourth-order valence-electron chi connectivity index (χ4n) is 8.76. The fourth-order valence-corrected chi connectivity index (χ4v) is 10.0. The Hall–Kier alpha value is -3.90. The molecule has 1 aliphatic carbocycles. The van der Waals surface area contributed by atoms with Crippen molar-refractivity contribution < 1.29 is 22.7 Å². The van der Waals surface area contributed by atoms with Gasteiger partial charge in [0.25, 0.3) is 0 Å². The van der Waals surface area contributed by atoms with Gasteiger partial charge in [0.15, 0.2) is 5.82 Å². The molecule has 9 rings (SSSR count). The first kappa shape index (κ1) is 33.0. The number of alkyl halides is 1. The molecule has 51 heavy (non-hydrogen) atoms. The lowest BCUT2D eigenvalue weighted by atomic mass is 9.95. The number of likely N-dealkylation sites (N-methyl/N-ethyl adjacent to an activating group) is 1. The first-order valence-corrected chi connectivity index (χ1v) is 18.7. The van der Waals surface area contributed by atoms with Crippen LogP contribution in [0.1, 0.15) is 44.1 Å². The van der Waals surface area contributed by atoms with E-state index in [4.69, 9.17) is 27.1 Å². The summed E-state index contributed by atoms with van der Waals surface area (Å²) in [6.45, 7) is 2.28. The quantitative estimate of drug-likeness (QED) is 0.221. The summed E-state index contributed by atoms with van der Waals surface area (Å²) in [5, 5.41) is 13.9. The number of carbonyl (C=O) groups excluding carboxylic acids is 1. The molecule has 5 fully saturated rings. The smallest absolute Gasteiger partial charge is 0.319 e. The van der Waals surface area contributed by atoms with E-state index in [-0.39, 0.29) is 79.0 Å². The van der Waals surface area contributed by atoms with E-state index >= 15 is 4.39 Å². The largest absolute Gasteiger partial charge is 0.461 e. The number of hydrogen-bond acceptors (Lipinski definition) is 10. The van der Waals surface area contributed by atoms with E-state index in [0.717, 1.165) is 43.6 Å². The van der Waals surface area contributed by atoms with Crippen LogP contribution < -0.4 is 20.7 Å². The van der Waals surface area contributed by atoms with Crippen LogP contribution in [-0.4, -0.2) is 95.3 Å². The van der Waals surface area contributed by atoms with Crippen molar-refractivity contribution in [1.29, 1.82) is 5.26 Å². The highest BCUT2D eigenvalue weighted by atomic mass is 35.5. The van der Waals surface area contributed by atoms with Crippen LogP contribution in [0.2, 0.25) is 5.02 Å². The second-order valence-corrected chi connectivity index (χ2v) is 16.2. The Bertz CT molecular complexity index is 2160. The summed E-state index contributed by atoms with van der Waals surface area (Å²) >= 11 is 7.80. The number of rotatable bonds is 8. The van der Waals surface area contributed by atoms with E-state index in [2.05, 4.69) is 15.2 Å². The summed E-state index contributed by atoms with van der Waals surface area (Å²) in [6.07, 6.45) is 4.10. The van der Waals surface area contributed by atoms with Crippen molar-refractivity contribution >= 4 is 60.7 Å². The van der Waals surface area contributed by atoms with Crippen LogP contribution in [0.4, 0.5) is 24.0 Å². The molecule has 0 spiro atoms. The molecule has 0 radical (unpaired) electrons. The van der Waals surface area contributed by atoms with E-state index in [1.165, 1.54) is 12.1 Å². The van der Waals surface area contributed by atoms with Crippen molar-refractivity contribution in [2.45, 2.75) is 68.4 Å². The molecule has 4 aromatic rings. The first-order valence-electron chi connectivity index (χ1n) is 17.5. The number of thiophene rings is 1. The van der Waals surface area contributed by atoms with Crippen LogP contribution in [0.5, 0.6) is 6.01 Å². The maximum atomic E-state index is 17.1. The SMILES string of the molecule is CN(C(=O)[C@@H]1N[C@H]1C1CC1)[C@@H]1CCN(c2nc(OC[C@@]34CCCN3C[C@H](F)C4)nc3c(F)c(-c4ccc(F)c5sc(N)c(C#N)c45)c(Cl)cc23)C1. The topological polar surface area (TPSA) is 134 Å². The molecule has 1 saturated carbocycles. The monoisotopic (exact) mass is 736 g/mol. The molecule has 5 atom stereocenters. The molecule has 4 aliphatic heterocycles. The van der Waals surface area contributed by atoms with E-state index in [1.807, 2.05) is 22.9 Å². The maximum absolute atomic E-state index is 17.1. The number of nitrogens with one attached hydrogen (secondary N) is 1. The molecule has 10 nitrogen and oxygen atoms in total. The predicted molar refractivity (Wildman–Crippen MR) is 190 cm³/mol. The van der Waals surface area contributed by atoms with Gasteiger partial charge < -0.3 is 20.3 Å². The zero-order valence-electron chi connectivity index (χ0n) is 27.9. The molecule has 2 aromatic heterocycles. The normalized spacial score (nSPS) is 27.3. The summed E-state index contributed by atoms with van der Waals surface area (Å²) in [4.78, 5) is 28.7. The minimum atomic E-state index is -0.951. The van der Waals surface area contributed by atoms with Crippen molar-refractivity contribution in [2.75, 3.05) is 50.5 Å². The summed E-state index contributed by atoms with van der Waals surface area (Å²) in [5.41, 5.74) is 5.74. The number of nitrogen functional groups attached to an aromatic ring is 1. The number of fused-ring (bicyclic) bond motifs is 3. The Labute approximate surface area is 301 Å². The third kappa shape index (κ3) is 5.38. The number of nitrogens with zero attached hydrogens (tertiary/aromatic N) is 6. The van der Waals surface area contributed by atoms with Crippen LogP contribution in [0.3, 0.4) is 0 Å². The summed E-state index contributed by atoms with van der Waals surface area (Å²) < 4.78 is 53.0. The third-order valence-electron chi connectivity index (χ3n) is 11.6. The average Bonchev–Trinajstić information content (AvgIpc) is 3.94. The van der Waals surface area contributed by atoms with Crippen molar-refractivity contribution in [3.05, 3.63) is 40.4 Å². The molecule has 2 aromatic carbocycles. The second kappa shape index (κ2) is 12.1. The molecule has 3 N–H and O–H groups in total.